The second-order valence-electron chi connectivity index (χ2n) is 4.27. The second-order valence-corrected chi connectivity index (χ2v) is 6.18. The Morgan fingerprint density at radius 1 is 1.37 bits per heavy atom. The van der Waals surface area contributed by atoms with Gasteiger partial charge in [-0.25, -0.2) is 0 Å². The number of hydrogen-bond donors (Lipinski definition) is 1. The van der Waals surface area contributed by atoms with E-state index < -0.39 is 0 Å². The molecular formula is C14H18BrN3S. The first-order valence-corrected chi connectivity index (χ1v) is 8.09. The van der Waals surface area contributed by atoms with E-state index in [1.807, 2.05) is 35.8 Å². The number of nitrogens with zero attached hydrogens (tertiary/aromatic N) is 2. The molecule has 0 bridgehead atoms. The highest BCUT2D eigenvalue weighted by molar-refractivity contribution is 9.10. The van der Waals surface area contributed by atoms with E-state index in [0.29, 0.717) is 0 Å². The van der Waals surface area contributed by atoms with E-state index in [4.69, 9.17) is 0 Å². The van der Waals surface area contributed by atoms with Crippen LogP contribution in [0.1, 0.15) is 18.7 Å². The first-order valence-electron chi connectivity index (χ1n) is 6.31. The molecule has 0 amide bonds. The third-order valence-electron chi connectivity index (χ3n) is 2.78. The molecule has 5 heteroatoms. The Labute approximate surface area is 126 Å². The molecule has 0 aliphatic heterocycles. The highest BCUT2D eigenvalue weighted by Crippen LogP contribution is 2.30. The smallest absolute Gasteiger partial charge is 0.0802 e. The molecule has 0 radical (unpaired) electrons. The predicted octanol–water partition coefficient (Wildman–Crippen LogP) is 3.63. The molecule has 0 spiro atoms. The minimum absolute atomic E-state index is 0.281. The molecule has 1 N–H and O–H groups in total. The van der Waals surface area contributed by atoms with Gasteiger partial charge in [-0.2, -0.15) is 5.10 Å². The first kappa shape index (κ1) is 14.6. The van der Waals surface area contributed by atoms with Gasteiger partial charge in [0.15, 0.2) is 0 Å². The van der Waals surface area contributed by atoms with E-state index in [0.717, 1.165) is 22.5 Å². The summed E-state index contributed by atoms with van der Waals surface area (Å²) in [6.07, 6.45) is 1.99. The summed E-state index contributed by atoms with van der Waals surface area (Å²) in [6.45, 7) is 3.07. The maximum Gasteiger partial charge on any atom is 0.0802 e. The molecular weight excluding hydrogens is 322 g/mol. The fraction of sp³-hybridized carbons (Fsp3) is 0.357. The Hall–Kier alpha value is -0.780. The van der Waals surface area contributed by atoms with Crippen LogP contribution in [0.2, 0.25) is 0 Å². The van der Waals surface area contributed by atoms with Crippen LogP contribution in [0.25, 0.3) is 0 Å². The SMILES string of the molecule is CCNC(CSc1ccccc1Br)c1ccn(C)n1. The van der Waals surface area contributed by atoms with Gasteiger partial charge in [-0.1, -0.05) is 19.1 Å². The molecule has 2 rings (SSSR count). The number of aromatic nitrogens is 2. The van der Waals surface area contributed by atoms with Crippen LogP contribution in [-0.2, 0) is 7.05 Å². The molecule has 3 nitrogen and oxygen atoms in total. The Bertz CT molecular complexity index is 527. The van der Waals surface area contributed by atoms with E-state index >= 15 is 0 Å². The van der Waals surface area contributed by atoms with Gasteiger partial charge in [-0.15, -0.1) is 11.8 Å². The zero-order chi connectivity index (χ0) is 13.7. The van der Waals surface area contributed by atoms with Gasteiger partial charge in [-0.05, 0) is 40.7 Å². The van der Waals surface area contributed by atoms with E-state index in [9.17, 15) is 0 Å². The summed E-state index contributed by atoms with van der Waals surface area (Å²) in [5.41, 5.74) is 1.10. The molecule has 1 heterocycles. The fourth-order valence-corrected chi connectivity index (χ4v) is 3.49. The third-order valence-corrected chi connectivity index (χ3v) is 4.90. The molecule has 0 aliphatic carbocycles. The second kappa shape index (κ2) is 7.12. The number of aryl methyl sites for hydroxylation is 1. The molecule has 102 valence electrons. The standard InChI is InChI=1S/C14H18BrN3S/c1-3-16-13(12-8-9-18(2)17-12)10-19-14-7-5-4-6-11(14)15/h4-9,13,16H,3,10H2,1-2H3. The van der Waals surface area contributed by atoms with Crippen molar-refractivity contribution in [2.75, 3.05) is 12.3 Å². The van der Waals surface area contributed by atoms with Crippen molar-refractivity contribution in [1.29, 1.82) is 0 Å². The Morgan fingerprint density at radius 3 is 2.79 bits per heavy atom. The van der Waals surface area contributed by atoms with Crippen molar-refractivity contribution in [3.05, 3.63) is 46.7 Å². The summed E-state index contributed by atoms with van der Waals surface area (Å²) >= 11 is 5.43. The monoisotopic (exact) mass is 339 g/mol. The van der Waals surface area contributed by atoms with Crippen LogP contribution in [0.5, 0.6) is 0 Å². The van der Waals surface area contributed by atoms with E-state index in [1.54, 1.807) is 0 Å². The van der Waals surface area contributed by atoms with E-state index in [-0.39, 0.29) is 6.04 Å². The lowest BCUT2D eigenvalue weighted by molar-refractivity contribution is 0.578. The number of thioether (sulfide) groups is 1. The average Bonchev–Trinajstić information content (AvgIpc) is 2.83. The van der Waals surface area contributed by atoms with Gasteiger partial charge in [0.05, 0.1) is 11.7 Å². The summed E-state index contributed by atoms with van der Waals surface area (Å²) in [7, 11) is 1.95. The summed E-state index contributed by atoms with van der Waals surface area (Å²) in [5, 5.41) is 7.98. The van der Waals surface area contributed by atoms with E-state index in [2.05, 4.69) is 57.5 Å². The maximum atomic E-state index is 4.49. The molecule has 19 heavy (non-hydrogen) atoms. The van der Waals surface area contributed by atoms with Gasteiger partial charge in [0.2, 0.25) is 0 Å². The molecule has 0 saturated carbocycles. The minimum atomic E-state index is 0.281. The molecule has 1 atom stereocenters. The summed E-state index contributed by atoms with van der Waals surface area (Å²) < 4.78 is 3.00. The van der Waals surface area contributed by atoms with Crippen molar-refractivity contribution in [2.24, 2.45) is 7.05 Å². The highest BCUT2D eigenvalue weighted by atomic mass is 79.9. The summed E-state index contributed by atoms with van der Waals surface area (Å²) in [4.78, 5) is 1.27. The van der Waals surface area contributed by atoms with Crippen molar-refractivity contribution in [2.45, 2.75) is 17.9 Å². The van der Waals surface area contributed by atoms with Crippen molar-refractivity contribution >= 4 is 27.7 Å². The quantitative estimate of drug-likeness (QED) is 0.815. The Balaban J connectivity index is 2.03. The molecule has 1 aromatic heterocycles. The largest absolute Gasteiger partial charge is 0.308 e. The average molecular weight is 340 g/mol. The third kappa shape index (κ3) is 4.09. The minimum Gasteiger partial charge on any atom is -0.308 e. The van der Waals surface area contributed by atoms with Crippen LogP contribution < -0.4 is 5.32 Å². The van der Waals surface area contributed by atoms with Gasteiger partial charge < -0.3 is 5.32 Å². The van der Waals surface area contributed by atoms with Gasteiger partial charge in [0, 0.05) is 28.4 Å². The lowest BCUT2D eigenvalue weighted by Gasteiger charge is -2.15. The van der Waals surface area contributed by atoms with Crippen LogP contribution in [0.15, 0.2) is 45.9 Å². The highest BCUT2D eigenvalue weighted by Gasteiger charge is 2.14. The number of benzene rings is 1. The Morgan fingerprint density at radius 2 is 2.16 bits per heavy atom. The molecule has 0 aliphatic rings. The molecule has 1 unspecified atom stereocenters. The van der Waals surface area contributed by atoms with Gasteiger partial charge >= 0.3 is 0 Å². The zero-order valence-electron chi connectivity index (χ0n) is 11.1. The van der Waals surface area contributed by atoms with Crippen LogP contribution in [0.4, 0.5) is 0 Å². The van der Waals surface area contributed by atoms with Crippen LogP contribution >= 0.6 is 27.7 Å². The summed E-state index contributed by atoms with van der Waals surface area (Å²) in [6, 6.07) is 10.7. The van der Waals surface area contributed by atoms with Gasteiger partial charge in [0.25, 0.3) is 0 Å². The van der Waals surface area contributed by atoms with Crippen molar-refractivity contribution in [3.8, 4) is 0 Å². The van der Waals surface area contributed by atoms with Crippen LogP contribution in [-0.4, -0.2) is 22.1 Å². The topological polar surface area (TPSA) is 29.9 Å². The lowest BCUT2D eigenvalue weighted by Crippen LogP contribution is -2.23. The lowest BCUT2D eigenvalue weighted by atomic mass is 10.2. The van der Waals surface area contributed by atoms with Crippen LogP contribution in [0.3, 0.4) is 0 Å². The van der Waals surface area contributed by atoms with E-state index in [1.165, 1.54) is 4.90 Å². The predicted molar refractivity (Wildman–Crippen MR) is 84.5 cm³/mol. The number of rotatable bonds is 6. The van der Waals surface area contributed by atoms with Crippen molar-refractivity contribution < 1.29 is 0 Å². The van der Waals surface area contributed by atoms with Crippen molar-refractivity contribution in [3.63, 3.8) is 0 Å². The van der Waals surface area contributed by atoms with Gasteiger partial charge in [-0.3, -0.25) is 4.68 Å². The van der Waals surface area contributed by atoms with Gasteiger partial charge in [0.1, 0.15) is 0 Å². The first-order chi connectivity index (χ1) is 9.20. The van der Waals surface area contributed by atoms with Crippen molar-refractivity contribution in [1.82, 2.24) is 15.1 Å². The number of nitrogens with one attached hydrogen (secondary N) is 1. The molecule has 2 aromatic rings. The maximum absolute atomic E-state index is 4.49. The molecule has 0 saturated heterocycles. The molecule has 1 aromatic carbocycles. The number of halogens is 1. The zero-order valence-corrected chi connectivity index (χ0v) is 13.5. The molecule has 0 fully saturated rings. The number of hydrogen-bond acceptors (Lipinski definition) is 3. The van der Waals surface area contributed by atoms with Crippen LogP contribution in [0, 0.1) is 0 Å². The fourth-order valence-electron chi connectivity index (χ4n) is 1.85. The normalized spacial score (nSPS) is 12.6. The Kier molecular flexibility index (Phi) is 5.48. The summed E-state index contributed by atoms with van der Waals surface area (Å²) in [5.74, 6) is 0.966.